The van der Waals surface area contributed by atoms with E-state index in [1.165, 1.54) is 167 Å². The molecule has 1 unspecified atom stereocenters. The third kappa shape index (κ3) is 55.9. The van der Waals surface area contributed by atoms with Gasteiger partial charge in [0, 0.05) is 19.4 Å². The molecule has 0 aromatic carbocycles. The maximum Gasteiger partial charge on any atom is 0.306 e. The molecule has 5 heteroatoms. The maximum absolute atomic E-state index is 12.8. The monoisotopic (exact) mass is 949 g/mol. The Morgan fingerprint density at radius 2 is 0.662 bits per heavy atom. The highest BCUT2D eigenvalue weighted by Crippen LogP contribution is 2.16. The summed E-state index contributed by atoms with van der Waals surface area (Å²) < 4.78 is 17.5. The van der Waals surface area contributed by atoms with E-state index in [4.69, 9.17) is 14.2 Å². The first-order valence-corrected chi connectivity index (χ1v) is 29.5. The van der Waals surface area contributed by atoms with Gasteiger partial charge in [-0.25, -0.2) is 0 Å². The summed E-state index contributed by atoms with van der Waals surface area (Å²) in [5, 5.41) is 0. The lowest BCUT2D eigenvalue weighted by Gasteiger charge is -2.18. The van der Waals surface area contributed by atoms with Crippen molar-refractivity contribution in [3.05, 3.63) is 72.9 Å². The molecule has 0 heterocycles. The molecule has 0 aromatic rings. The molecule has 0 rings (SSSR count). The number of unbranched alkanes of at least 4 members (excludes halogenated alkanes) is 31. The molecule has 0 fully saturated rings. The first-order valence-electron chi connectivity index (χ1n) is 29.5. The summed E-state index contributed by atoms with van der Waals surface area (Å²) in [7, 11) is 0. The number of hydrogen-bond acceptors (Lipinski definition) is 5. The Kier molecular flexibility index (Phi) is 56.4. The smallest absolute Gasteiger partial charge is 0.306 e. The van der Waals surface area contributed by atoms with Crippen molar-refractivity contribution >= 4 is 11.9 Å². The summed E-state index contributed by atoms with van der Waals surface area (Å²) in [5.74, 6) is -0.411. The van der Waals surface area contributed by atoms with Crippen molar-refractivity contribution in [2.45, 2.75) is 297 Å². The molecule has 394 valence electrons. The first-order chi connectivity index (χ1) is 33.6. The molecule has 0 spiro atoms. The molecule has 0 aliphatic heterocycles. The predicted molar refractivity (Wildman–Crippen MR) is 297 cm³/mol. The standard InChI is InChI=1S/C63H112O5/c1-4-7-10-13-16-19-22-25-27-29-31-33-35-37-40-43-46-49-52-55-58-66-59-61(68-63(65)57-54-51-48-45-42-38-24-21-18-15-12-9-6-3)60-67-62(64)56-53-50-47-44-41-39-36-34-32-30-28-26-23-20-17-14-11-8-5-2/h7,10,16,19,21,24-25,27,31,33,37,40,61H,4-6,8-9,11-15,17-18,20,22-23,26,28-30,32,34-36,38-39,41-60H2,1-3H3/b10-7-,19-16-,24-21-,27-25-,33-31-,40-37-. The summed E-state index contributed by atoms with van der Waals surface area (Å²) in [6, 6.07) is 0. The zero-order valence-electron chi connectivity index (χ0n) is 45.4. The van der Waals surface area contributed by atoms with Crippen molar-refractivity contribution < 1.29 is 23.8 Å². The summed E-state index contributed by atoms with van der Waals surface area (Å²) >= 11 is 0. The molecule has 0 aliphatic rings. The highest BCUT2D eigenvalue weighted by Gasteiger charge is 2.17. The van der Waals surface area contributed by atoms with Gasteiger partial charge in [0.2, 0.25) is 0 Å². The van der Waals surface area contributed by atoms with Gasteiger partial charge in [-0.15, -0.1) is 0 Å². The van der Waals surface area contributed by atoms with Crippen LogP contribution in [0.2, 0.25) is 0 Å². The van der Waals surface area contributed by atoms with E-state index in [-0.39, 0.29) is 25.2 Å². The number of rotatable bonds is 54. The average Bonchev–Trinajstić information content (AvgIpc) is 3.34. The van der Waals surface area contributed by atoms with Crippen LogP contribution in [0.1, 0.15) is 290 Å². The summed E-state index contributed by atoms with van der Waals surface area (Å²) in [4.78, 5) is 25.5. The number of ether oxygens (including phenoxy) is 3. The van der Waals surface area contributed by atoms with Crippen LogP contribution in [0.4, 0.5) is 0 Å². The van der Waals surface area contributed by atoms with Crippen molar-refractivity contribution in [2.75, 3.05) is 19.8 Å². The SMILES string of the molecule is CC/C=C\C/C=C\C/C=C\C/C=C\C/C=C\CCCCCCOCC(COC(=O)CCCCCCCCCCCCCCCCCCCCC)OC(=O)CCCCCCC/C=C\CCCCCC. The van der Waals surface area contributed by atoms with E-state index in [9.17, 15) is 9.59 Å². The van der Waals surface area contributed by atoms with Gasteiger partial charge in [0.25, 0.3) is 0 Å². The molecule has 0 saturated heterocycles. The zero-order chi connectivity index (χ0) is 49.2. The van der Waals surface area contributed by atoms with Gasteiger partial charge in [0.15, 0.2) is 6.10 Å². The van der Waals surface area contributed by atoms with Gasteiger partial charge in [0.05, 0.1) is 6.61 Å². The van der Waals surface area contributed by atoms with Crippen LogP contribution in [0, 0.1) is 0 Å². The maximum atomic E-state index is 12.8. The second kappa shape index (κ2) is 58.7. The molecule has 68 heavy (non-hydrogen) atoms. The van der Waals surface area contributed by atoms with Crippen LogP contribution in [0.5, 0.6) is 0 Å². The Hall–Kier alpha value is -2.66. The molecular weight excluding hydrogens is 837 g/mol. The highest BCUT2D eigenvalue weighted by atomic mass is 16.6. The van der Waals surface area contributed by atoms with Crippen LogP contribution in [0.15, 0.2) is 72.9 Å². The van der Waals surface area contributed by atoms with E-state index in [0.717, 1.165) is 89.9 Å². The molecule has 0 radical (unpaired) electrons. The number of hydrogen-bond donors (Lipinski definition) is 0. The number of esters is 2. The second-order valence-corrected chi connectivity index (χ2v) is 19.5. The van der Waals surface area contributed by atoms with E-state index in [0.29, 0.717) is 19.4 Å². The average molecular weight is 950 g/mol. The van der Waals surface area contributed by atoms with Gasteiger partial charge in [-0.2, -0.15) is 0 Å². The Labute approximate surface area is 423 Å². The highest BCUT2D eigenvalue weighted by molar-refractivity contribution is 5.70. The lowest BCUT2D eigenvalue weighted by Crippen LogP contribution is -2.30. The van der Waals surface area contributed by atoms with Crippen molar-refractivity contribution in [3.8, 4) is 0 Å². The summed E-state index contributed by atoms with van der Waals surface area (Å²) in [5.41, 5.74) is 0. The predicted octanol–water partition coefficient (Wildman–Crippen LogP) is 20.2. The van der Waals surface area contributed by atoms with Gasteiger partial charge < -0.3 is 14.2 Å². The van der Waals surface area contributed by atoms with Crippen LogP contribution < -0.4 is 0 Å². The van der Waals surface area contributed by atoms with E-state index < -0.39 is 6.10 Å². The van der Waals surface area contributed by atoms with Crippen molar-refractivity contribution in [1.29, 1.82) is 0 Å². The summed E-state index contributed by atoms with van der Waals surface area (Å²) in [6.07, 6.45) is 76.4. The van der Waals surface area contributed by atoms with Gasteiger partial charge in [-0.1, -0.05) is 261 Å². The molecule has 0 N–H and O–H groups in total. The molecule has 5 nitrogen and oxygen atoms in total. The zero-order valence-corrected chi connectivity index (χ0v) is 45.4. The Morgan fingerprint density at radius 3 is 1.09 bits per heavy atom. The minimum Gasteiger partial charge on any atom is -0.462 e. The van der Waals surface area contributed by atoms with Gasteiger partial charge >= 0.3 is 11.9 Å². The van der Waals surface area contributed by atoms with Crippen LogP contribution in [-0.4, -0.2) is 37.9 Å². The minimum atomic E-state index is -0.555. The van der Waals surface area contributed by atoms with Crippen molar-refractivity contribution in [3.63, 3.8) is 0 Å². The Bertz CT molecular complexity index is 1210. The third-order valence-electron chi connectivity index (χ3n) is 12.7. The largest absolute Gasteiger partial charge is 0.462 e. The van der Waals surface area contributed by atoms with Crippen LogP contribution >= 0.6 is 0 Å². The second-order valence-electron chi connectivity index (χ2n) is 19.5. The first kappa shape index (κ1) is 65.3. The van der Waals surface area contributed by atoms with E-state index in [2.05, 4.69) is 93.7 Å². The quantitative estimate of drug-likeness (QED) is 0.0345. The van der Waals surface area contributed by atoms with Gasteiger partial charge in [-0.05, 0) is 89.9 Å². The van der Waals surface area contributed by atoms with Crippen LogP contribution in [-0.2, 0) is 23.8 Å². The number of allylic oxidation sites excluding steroid dienone is 12. The molecule has 0 saturated carbocycles. The minimum absolute atomic E-state index is 0.0725. The lowest BCUT2D eigenvalue weighted by atomic mass is 10.0. The Balaban J connectivity index is 4.28. The fourth-order valence-corrected chi connectivity index (χ4v) is 8.36. The fraction of sp³-hybridized carbons (Fsp3) is 0.778. The molecule has 0 aromatic heterocycles. The number of carbonyl (C=O) groups is 2. The van der Waals surface area contributed by atoms with Crippen molar-refractivity contribution in [2.24, 2.45) is 0 Å². The lowest BCUT2D eigenvalue weighted by molar-refractivity contribution is -0.163. The van der Waals surface area contributed by atoms with Crippen molar-refractivity contribution in [1.82, 2.24) is 0 Å². The molecule has 0 bridgehead atoms. The fourth-order valence-electron chi connectivity index (χ4n) is 8.36. The molecule has 0 amide bonds. The summed E-state index contributed by atoms with van der Waals surface area (Å²) in [6.45, 7) is 7.67. The number of carbonyl (C=O) groups excluding carboxylic acids is 2. The molecule has 1 atom stereocenters. The van der Waals surface area contributed by atoms with Crippen LogP contribution in [0.25, 0.3) is 0 Å². The van der Waals surface area contributed by atoms with Gasteiger partial charge in [-0.3, -0.25) is 9.59 Å². The topological polar surface area (TPSA) is 61.8 Å². The normalized spacial score (nSPS) is 12.7. The van der Waals surface area contributed by atoms with E-state index >= 15 is 0 Å². The molecule has 0 aliphatic carbocycles. The van der Waals surface area contributed by atoms with Gasteiger partial charge in [0.1, 0.15) is 6.61 Å². The molecular formula is C63H112O5. The Morgan fingerprint density at radius 1 is 0.338 bits per heavy atom. The third-order valence-corrected chi connectivity index (χ3v) is 12.7. The van der Waals surface area contributed by atoms with Crippen LogP contribution in [0.3, 0.4) is 0 Å². The van der Waals surface area contributed by atoms with E-state index in [1.807, 2.05) is 0 Å². The van der Waals surface area contributed by atoms with E-state index in [1.54, 1.807) is 0 Å².